The smallest absolute Gasteiger partial charge is 0.270 e. The molecule has 0 aromatic carbocycles. The van der Waals surface area contributed by atoms with Gasteiger partial charge in [0.05, 0.1) is 43.1 Å². The van der Waals surface area contributed by atoms with E-state index in [4.69, 9.17) is 9.72 Å². The van der Waals surface area contributed by atoms with Gasteiger partial charge in [0, 0.05) is 29.1 Å². The Balaban J connectivity index is 1.51. The molecule has 2 N–H and O–H groups in total. The van der Waals surface area contributed by atoms with Crippen LogP contribution in [-0.2, 0) is 18.9 Å². The second-order valence-electron chi connectivity index (χ2n) is 9.44. The van der Waals surface area contributed by atoms with Crippen LogP contribution in [0.25, 0.3) is 11.0 Å². The number of anilines is 2. The number of nitrogens with zero attached hydrogens (tertiary/aromatic N) is 5. The summed E-state index contributed by atoms with van der Waals surface area (Å²) in [6.45, 7) is 10.5. The van der Waals surface area contributed by atoms with E-state index in [1.165, 1.54) is 11.3 Å². The van der Waals surface area contributed by atoms with Gasteiger partial charge in [-0.15, -0.1) is 0 Å². The maximum atomic E-state index is 12.8. The van der Waals surface area contributed by atoms with E-state index in [0.29, 0.717) is 10.8 Å². The summed E-state index contributed by atoms with van der Waals surface area (Å²) in [6, 6.07) is 1.50. The maximum Gasteiger partial charge on any atom is 0.270 e. The van der Waals surface area contributed by atoms with Crippen LogP contribution in [0, 0.1) is 0 Å². The van der Waals surface area contributed by atoms with Crippen molar-refractivity contribution in [2.45, 2.75) is 52.5 Å². The molecule has 0 saturated carbocycles. The number of rotatable bonds is 7. The fourth-order valence-electron chi connectivity index (χ4n) is 3.99. The molecule has 4 aromatic heterocycles. The van der Waals surface area contributed by atoms with Crippen LogP contribution >= 0.6 is 11.3 Å². The van der Waals surface area contributed by atoms with Crippen LogP contribution in [0.5, 0.6) is 5.75 Å². The number of hydrogen-bond donors (Lipinski definition) is 2. The molecule has 4 aromatic rings. The molecule has 0 spiro atoms. The zero-order valence-corrected chi connectivity index (χ0v) is 21.9. The summed E-state index contributed by atoms with van der Waals surface area (Å²) in [5.74, 6) is 0.530. The van der Waals surface area contributed by atoms with Crippen LogP contribution in [0.4, 0.5) is 10.8 Å². The maximum absolute atomic E-state index is 12.8. The molecule has 0 aliphatic rings. The number of aromatic nitrogens is 5. The van der Waals surface area contributed by atoms with Crippen molar-refractivity contribution in [1.82, 2.24) is 29.8 Å². The molecular weight excluding hydrogens is 462 g/mol. The van der Waals surface area contributed by atoms with Crippen molar-refractivity contribution in [3.05, 3.63) is 52.8 Å². The first-order valence-electron chi connectivity index (χ1n) is 11.5. The molecule has 0 fully saturated rings. The number of methoxy groups -OCH3 is 1. The molecule has 35 heavy (non-hydrogen) atoms. The van der Waals surface area contributed by atoms with Gasteiger partial charge in [0.15, 0.2) is 5.13 Å². The highest BCUT2D eigenvalue weighted by atomic mass is 32.1. The van der Waals surface area contributed by atoms with E-state index in [0.717, 1.165) is 45.0 Å². The van der Waals surface area contributed by atoms with Gasteiger partial charge in [-0.2, -0.15) is 0 Å². The molecule has 0 saturated heterocycles. The minimum atomic E-state index is -0.250. The Morgan fingerprint density at radius 3 is 2.63 bits per heavy atom. The number of fused-ring (bicyclic) bond motifs is 1. The van der Waals surface area contributed by atoms with Gasteiger partial charge in [0.25, 0.3) is 5.91 Å². The zero-order chi connectivity index (χ0) is 25.3. The Kier molecular flexibility index (Phi) is 6.75. The lowest BCUT2D eigenvalue weighted by molar-refractivity contribution is 0.0935. The molecule has 184 valence electrons. The van der Waals surface area contributed by atoms with E-state index in [1.807, 2.05) is 18.5 Å². The van der Waals surface area contributed by atoms with Gasteiger partial charge < -0.3 is 19.9 Å². The highest BCUT2D eigenvalue weighted by molar-refractivity contribution is 7.15. The Hall–Kier alpha value is -3.53. The van der Waals surface area contributed by atoms with Gasteiger partial charge in [-0.3, -0.25) is 9.78 Å². The Labute approximate surface area is 209 Å². The number of aryl methyl sites for hydroxylation is 1. The average Bonchev–Trinajstić information content (AvgIpc) is 3.44. The zero-order valence-electron chi connectivity index (χ0n) is 21.1. The summed E-state index contributed by atoms with van der Waals surface area (Å²) in [4.78, 5) is 31.5. The molecule has 4 heterocycles. The third kappa shape index (κ3) is 4.97. The van der Waals surface area contributed by atoms with E-state index >= 15 is 0 Å². The monoisotopic (exact) mass is 493 g/mol. The van der Waals surface area contributed by atoms with Crippen molar-refractivity contribution in [3.63, 3.8) is 0 Å². The molecule has 0 aliphatic carbocycles. The minimum Gasteiger partial charge on any atom is -0.494 e. The van der Waals surface area contributed by atoms with Crippen LogP contribution in [0.3, 0.4) is 0 Å². The highest BCUT2D eigenvalue weighted by Gasteiger charge is 2.24. The van der Waals surface area contributed by atoms with Crippen LogP contribution in [0.2, 0.25) is 0 Å². The average molecular weight is 494 g/mol. The van der Waals surface area contributed by atoms with E-state index in [2.05, 4.69) is 53.3 Å². The first kappa shape index (κ1) is 24.6. The topological polar surface area (TPSA) is 107 Å². The third-order valence-corrected chi connectivity index (χ3v) is 6.87. The molecule has 9 nitrogen and oxygen atoms in total. The molecule has 10 heteroatoms. The number of carbonyl (C=O) groups excluding carboxylic acids is 1. The fraction of sp³-hybridized carbons (Fsp3) is 0.400. The van der Waals surface area contributed by atoms with Gasteiger partial charge in [-0.1, -0.05) is 39.0 Å². The molecule has 4 rings (SSSR count). The first-order chi connectivity index (χ1) is 16.6. The highest BCUT2D eigenvalue weighted by Crippen LogP contribution is 2.38. The number of pyridine rings is 2. The summed E-state index contributed by atoms with van der Waals surface area (Å²) < 4.78 is 7.63. The molecule has 1 unspecified atom stereocenters. The van der Waals surface area contributed by atoms with E-state index < -0.39 is 0 Å². The lowest BCUT2D eigenvalue weighted by Crippen LogP contribution is -2.26. The number of imidazole rings is 1. The van der Waals surface area contributed by atoms with Crippen molar-refractivity contribution >= 4 is 39.1 Å². The molecule has 0 bridgehead atoms. The summed E-state index contributed by atoms with van der Waals surface area (Å²) in [5.41, 5.74) is 4.74. The predicted octanol–water partition coefficient (Wildman–Crippen LogP) is 4.92. The predicted molar refractivity (Wildman–Crippen MR) is 139 cm³/mol. The van der Waals surface area contributed by atoms with E-state index in [9.17, 15) is 4.79 Å². The minimum absolute atomic E-state index is 0.0880. The van der Waals surface area contributed by atoms with Crippen molar-refractivity contribution < 1.29 is 9.53 Å². The lowest BCUT2D eigenvalue weighted by Gasteiger charge is -2.24. The number of carbonyl (C=O) groups is 1. The van der Waals surface area contributed by atoms with Crippen molar-refractivity contribution in [1.29, 1.82) is 0 Å². The lowest BCUT2D eigenvalue weighted by atomic mass is 9.87. The second kappa shape index (κ2) is 9.61. The molecule has 0 aliphatic heterocycles. The van der Waals surface area contributed by atoms with Gasteiger partial charge >= 0.3 is 0 Å². The third-order valence-electron chi connectivity index (χ3n) is 5.78. The SMILES string of the molecule is CCc1c(C(C)(C)C)ncc(Nc2ncc(C(C)NC(=O)c3cc4c(cn3)ncn4C)s2)c1OC. The summed E-state index contributed by atoms with van der Waals surface area (Å²) in [6.07, 6.45) is 7.68. The van der Waals surface area contributed by atoms with Crippen molar-refractivity contribution in [3.8, 4) is 5.75 Å². The normalized spacial score (nSPS) is 12.5. The van der Waals surface area contributed by atoms with Crippen LogP contribution in [0.15, 0.2) is 31.0 Å². The second-order valence-corrected chi connectivity index (χ2v) is 10.5. The Morgan fingerprint density at radius 2 is 1.94 bits per heavy atom. The van der Waals surface area contributed by atoms with Crippen LogP contribution in [-0.4, -0.2) is 37.5 Å². The number of thiazole rings is 1. The Morgan fingerprint density at radius 1 is 1.17 bits per heavy atom. The summed E-state index contributed by atoms with van der Waals surface area (Å²) in [5, 5.41) is 7.05. The molecule has 1 atom stereocenters. The van der Waals surface area contributed by atoms with Crippen LogP contribution < -0.4 is 15.4 Å². The quantitative estimate of drug-likeness (QED) is 0.376. The molecular formula is C25H31N7O2S. The number of ether oxygens (including phenoxy) is 1. The first-order valence-corrected chi connectivity index (χ1v) is 12.3. The van der Waals surface area contributed by atoms with Crippen molar-refractivity contribution in [2.24, 2.45) is 7.05 Å². The largest absolute Gasteiger partial charge is 0.494 e. The number of nitrogens with one attached hydrogen (secondary N) is 2. The van der Waals surface area contributed by atoms with Gasteiger partial charge in [-0.25, -0.2) is 15.0 Å². The molecule has 1 amide bonds. The molecule has 0 radical (unpaired) electrons. The standard InChI is InChI=1S/C25H31N7O2S/c1-8-15-21(34-7)18(11-27-22(15)25(3,4)5)31-24-28-12-20(35-24)14(2)30-23(33)16-9-19-17(10-26-16)29-13-32(19)6/h9-14H,8H2,1-7H3,(H,28,31)(H,30,33). The van der Waals surface area contributed by atoms with Gasteiger partial charge in [0.1, 0.15) is 22.6 Å². The number of hydrogen-bond acceptors (Lipinski definition) is 8. The Bertz CT molecular complexity index is 1370. The fourth-order valence-corrected chi connectivity index (χ4v) is 4.82. The van der Waals surface area contributed by atoms with Crippen molar-refractivity contribution in [2.75, 3.05) is 12.4 Å². The summed E-state index contributed by atoms with van der Waals surface area (Å²) in [7, 11) is 3.56. The van der Waals surface area contributed by atoms with Crippen LogP contribution in [0.1, 0.15) is 67.3 Å². The number of amides is 1. The van der Waals surface area contributed by atoms with Gasteiger partial charge in [0.2, 0.25) is 0 Å². The summed E-state index contributed by atoms with van der Waals surface area (Å²) >= 11 is 1.47. The van der Waals surface area contributed by atoms with E-state index in [-0.39, 0.29) is 17.4 Å². The van der Waals surface area contributed by atoms with Gasteiger partial charge in [-0.05, 0) is 19.4 Å². The van der Waals surface area contributed by atoms with E-state index in [1.54, 1.807) is 38.1 Å².